The molecule has 1 heterocycles. The molecule has 0 unspecified atom stereocenters. The van der Waals surface area contributed by atoms with Crippen LogP contribution in [-0.4, -0.2) is 43.9 Å². The summed E-state index contributed by atoms with van der Waals surface area (Å²) >= 11 is 0. The van der Waals surface area contributed by atoms with Crippen LogP contribution in [0.25, 0.3) is 0 Å². The summed E-state index contributed by atoms with van der Waals surface area (Å²) < 4.78 is 68.1. The third-order valence-corrected chi connectivity index (χ3v) is 3.25. The van der Waals surface area contributed by atoms with Crippen molar-refractivity contribution in [3.05, 3.63) is 29.8 Å². The maximum atomic E-state index is 13.3. The molecule has 0 radical (unpaired) electrons. The number of nitrogens with one attached hydrogen (secondary N) is 1. The van der Waals surface area contributed by atoms with Crippen LogP contribution >= 0.6 is 12.4 Å². The lowest BCUT2D eigenvalue weighted by molar-refractivity contribution is -0.187. The van der Waals surface area contributed by atoms with Gasteiger partial charge >= 0.3 is 12.8 Å². The molecule has 1 aromatic rings. The Kier molecular flexibility index (Phi) is 6.83. The first-order valence-electron chi connectivity index (χ1n) is 6.44. The fourth-order valence-corrected chi connectivity index (χ4v) is 2.38. The molecular weight excluding hydrogens is 331 g/mol. The molecule has 1 aliphatic rings. The van der Waals surface area contributed by atoms with Crippen molar-refractivity contribution in [2.75, 3.05) is 26.2 Å². The summed E-state index contributed by atoms with van der Waals surface area (Å²) in [5, 5.41) is 2.99. The van der Waals surface area contributed by atoms with Crippen molar-refractivity contribution in [1.82, 2.24) is 10.2 Å². The van der Waals surface area contributed by atoms with Gasteiger partial charge in [-0.25, -0.2) is 0 Å². The van der Waals surface area contributed by atoms with Gasteiger partial charge in [-0.2, -0.15) is 22.0 Å². The van der Waals surface area contributed by atoms with Crippen LogP contribution in [0, 0.1) is 0 Å². The fourth-order valence-electron chi connectivity index (χ4n) is 2.38. The average Bonchev–Trinajstić information content (AvgIpc) is 2.40. The van der Waals surface area contributed by atoms with E-state index in [9.17, 15) is 22.0 Å². The van der Waals surface area contributed by atoms with Crippen LogP contribution in [0.3, 0.4) is 0 Å². The molecule has 1 fully saturated rings. The van der Waals surface area contributed by atoms with Gasteiger partial charge in [-0.3, -0.25) is 4.90 Å². The lowest BCUT2D eigenvalue weighted by atomic mass is 10.0. The molecule has 1 N–H and O–H groups in total. The van der Waals surface area contributed by atoms with E-state index in [2.05, 4.69) is 10.1 Å². The van der Waals surface area contributed by atoms with Crippen molar-refractivity contribution in [1.29, 1.82) is 0 Å². The number of rotatable bonds is 4. The van der Waals surface area contributed by atoms with Crippen LogP contribution in [0.1, 0.15) is 11.6 Å². The van der Waals surface area contributed by atoms with Gasteiger partial charge in [-0.1, -0.05) is 12.1 Å². The first-order valence-corrected chi connectivity index (χ1v) is 6.44. The van der Waals surface area contributed by atoms with E-state index >= 15 is 0 Å². The number of nitrogens with zero attached hydrogens (tertiary/aromatic N) is 1. The van der Waals surface area contributed by atoms with Crippen molar-refractivity contribution < 1.29 is 26.7 Å². The van der Waals surface area contributed by atoms with E-state index in [4.69, 9.17) is 0 Å². The van der Waals surface area contributed by atoms with Crippen molar-refractivity contribution in [2.24, 2.45) is 0 Å². The predicted molar refractivity (Wildman–Crippen MR) is 73.6 cm³/mol. The highest BCUT2D eigenvalue weighted by Gasteiger charge is 2.44. The highest BCUT2D eigenvalue weighted by Crippen LogP contribution is 2.38. The highest BCUT2D eigenvalue weighted by molar-refractivity contribution is 5.85. The summed E-state index contributed by atoms with van der Waals surface area (Å²) in [6, 6.07) is 2.88. The molecule has 0 aliphatic carbocycles. The minimum Gasteiger partial charge on any atom is -0.435 e. The molecule has 1 atom stereocenters. The summed E-state index contributed by atoms with van der Waals surface area (Å²) in [5.74, 6) is -0.157. The van der Waals surface area contributed by atoms with Gasteiger partial charge in [0.1, 0.15) is 11.8 Å². The van der Waals surface area contributed by atoms with Gasteiger partial charge < -0.3 is 10.1 Å². The molecule has 126 valence electrons. The SMILES string of the molecule is Cl.FC(F)Oc1ccc([C@H](N2CCNCC2)C(F)(F)F)cc1. The minimum absolute atomic E-state index is 0. The van der Waals surface area contributed by atoms with Gasteiger partial charge in [0.15, 0.2) is 0 Å². The summed E-state index contributed by atoms with van der Waals surface area (Å²) in [6.07, 6.45) is -4.43. The van der Waals surface area contributed by atoms with Gasteiger partial charge in [-0.05, 0) is 17.7 Å². The van der Waals surface area contributed by atoms with Gasteiger partial charge in [0, 0.05) is 26.2 Å². The second kappa shape index (κ2) is 7.94. The van der Waals surface area contributed by atoms with Crippen molar-refractivity contribution in [3.8, 4) is 5.75 Å². The van der Waals surface area contributed by atoms with Gasteiger partial charge in [0.25, 0.3) is 0 Å². The summed E-state index contributed by atoms with van der Waals surface area (Å²) in [7, 11) is 0. The average molecular weight is 347 g/mol. The van der Waals surface area contributed by atoms with Crippen molar-refractivity contribution in [3.63, 3.8) is 0 Å². The Balaban J connectivity index is 0.00000242. The van der Waals surface area contributed by atoms with Crippen LogP contribution in [0.2, 0.25) is 0 Å². The van der Waals surface area contributed by atoms with E-state index in [0.717, 1.165) is 12.1 Å². The second-order valence-electron chi connectivity index (χ2n) is 4.68. The molecule has 3 nitrogen and oxygen atoms in total. The quantitative estimate of drug-likeness (QED) is 0.847. The van der Waals surface area contributed by atoms with Crippen LogP contribution in [0.5, 0.6) is 5.75 Å². The van der Waals surface area contributed by atoms with Crippen LogP contribution in [0.15, 0.2) is 24.3 Å². The topological polar surface area (TPSA) is 24.5 Å². The Bertz CT molecular complexity index is 449. The lowest BCUT2D eigenvalue weighted by Crippen LogP contribution is -2.49. The predicted octanol–water partition coefficient (Wildman–Crippen LogP) is 3.22. The van der Waals surface area contributed by atoms with Crippen molar-refractivity contribution in [2.45, 2.75) is 18.8 Å². The molecule has 9 heteroatoms. The van der Waals surface area contributed by atoms with E-state index in [1.807, 2.05) is 0 Å². The van der Waals surface area contributed by atoms with E-state index in [1.54, 1.807) is 0 Å². The van der Waals surface area contributed by atoms with E-state index in [1.165, 1.54) is 17.0 Å². The third-order valence-electron chi connectivity index (χ3n) is 3.25. The van der Waals surface area contributed by atoms with Gasteiger partial charge in [0.05, 0.1) is 0 Å². The third kappa shape index (κ3) is 4.96. The van der Waals surface area contributed by atoms with Crippen LogP contribution in [-0.2, 0) is 0 Å². The lowest BCUT2D eigenvalue weighted by Gasteiger charge is -2.36. The monoisotopic (exact) mass is 346 g/mol. The molecular formula is C13H16ClF5N2O. The van der Waals surface area contributed by atoms with E-state index < -0.39 is 18.8 Å². The van der Waals surface area contributed by atoms with Crippen LogP contribution in [0.4, 0.5) is 22.0 Å². The second-order valence-corrected chi connectivity index (χ2v) is 4.68. The Morgan fingerprint density at radius 2 is 1.59 bits per heavy atom. The number of benzene rings is 1. The minimum atomic E-state index is -4.43. The normalized spacial score (nSPS) is 17.9. The molecule has 2 rings (SSSR count). The summed E-state index contributed by atoms with van der Waals surface area (Å²) in [6.45, 7) is -1.47. The van der Waals surface area contributed by atoms with E-state index in [0.29, 0.717) is 13.1 Å². The molecule has 22 heavy (non-hydrogen) atoms. The van der Waals surface area contributed by atoms with Gasteiger partial charge in [0.2, 0.25) is 0 Å². The Hall–Kier alpha value is -1.12. The Morgan fingerprint density at radius 1 is 1.05 bits per heavy atom. The maximum absolute atomic E-state index is 13.3. The number of piperazine rings is 1. The zero-order chi connectivity index (χ0) is 15.5. The largest absolute Gasteiger partial charge is 0.435 e. The van der Waals surface area contributed by atoms with Crippen molar-refractivity contribution >= 4 is 12.4 Å². The van der Waals surface area contributed by atoms with Gasteiger partial charge in [-0.15, -0.1) is 12.4 Å². The summed E-state index contributed by atoms with van der Waals surface area (Å²) in [5.41, 5.74) is 0.0195. The molecule has 1 aromatic carbocycles. The molecule has 0 spiro atoms. The Morgan fingerprint density at radius 3 is 2.05 bits per heavy atom. The number of hydrogen-bond acceptors (Lipinski definition) is 3. The molecule has 1 saturated heterocycles. The van der Waals surface area contributed by atoms with E-state index in [-0.39, 0.29) is 36.8 Å². The highest BCUT2D eigenvalue weighted by atomic mass is 35.5. The van der Waals surface area contributed by atoms with Crippen LogP contribution < -0.4 is 10.1 Å². The Labute approximate surface area is 130 Å². The molecule has 0 amide bonds. The molecule has 0 saturated carbocycles. The first kappa shape index (κ1) is 18.9. The number of hydrogen-bond donors (Lipinski definition) is 1. The molecule has 0 bridgehead atoms. The molecule has 1 aliphatic heterocycles. The number of halogens is 6. The first-order chi connectivity index (χ1) is 9.88. The molecule has 0 aromatic heterocycles. The zero-order valence-corrected chi connectivity index (χ0v) is 12.3. The maximum Gasteiger partial charge on any atom is 0.408 e. The smallest absolute Gasteiger partial charge is 0.408 e. The summed E-state index contributed by atoms with van der Waals surface area (Å²) in [4.78, 5) is 1.33. The standard InChI is InChI=1S/C13H15F5N2O.ClH/c14-12(15)21-10-3-1-9(2-4-10)11(13(16,17)18)20-7-5-19-6-8-20;/h1-4,11-12,19H,5-8H2;1H/t11-;/m0./s1. The number of ether oxygens (including phenoxy) is 1. The fraction of sp³-hybridized carbons (Fsp3) is 0.538. The number of alkyl halides is 5. The zero-order valence-electron chi connectivity index (χ0n) is 11.4.